The number of carbonyl (C=O) groups excluding carboxylic acids is 1. The first-order valence-corrected chi connectivity index (χ1v) is 6.47. The standard InChI is InChI=1S/C14H19N3O3/c1-16(2)7-6-15-13(18)9-10-4-5-12-11(8-10)17(3)14(19)20-12/h4-5,8H,6-7,9H2,1-3H3,(H,15,18). The molecule has 6 nitrogen and oxygen atoms in total. The van der Waals surface area contributed by atoms with Gasteiger partial charge in [0, 0.05) is 20.1 Å². The number of likely N-dealkylation sites (N-methyl/N-ethyl adjacent to an activating group) is 1. The third-order valence-electron chi connectivity index (χ3n) is 3.10. The Bertz CT molecular complexity index is 670. The van der Waals surface area contributed by atoms with Gasteiger partial charge in [0.25, 0.3) is 0 Å². The molecular formula is C14H19N3O3. The number of hydrogen-bond acceptors (Lipinski definition) is 4. The number of benzene rings is 1. The fraction of sp³-hybridized carbons (Fsp3) is 0.429. The Morgan fingerprint density at radius 3 is 2.85 bits per heavy atom. The van der Waals surface area contributed by atoms with E-state index < -0.39 is 5.76 Å². The van der Waals surface area contributed by atoms with E-state index >= 15 is 0 Å². The molecule has 0 atom stereocenters. The van der Waals surface area contributed by atoms with Gasteiger partial charge in [-0.1, -0.05) is 6.07 Å². The Kier molecular flexibility index (Phi) is 4.24. The molecule has 1 aromatic heterocycles. The first-order valence-electron chi connectivity index (χ1n) is 6.47. The fourth-order valence-electron chi connectivity index (χ4n) is 1.95. The van der Waals surface area contributed by atoms with Crippen molar-refractivity contribution in [1.82, 2.24) is 14.8 Å². The van der Waals surface area contributed by atoms with Crippen molar-refractivity contribution in [2.24, 2.45) is 7.05 Å². The zero-order chi connectivity index (χ0) is 14.7. The van der Waals surface area contributed by atoms with Crippen molar-refractivity contribution in [2.75, 3.05) is 27.2 Å². The third-order valence-corrected chi connectivity index (χ3v) is 3.10. The van der Waals surface area contributed by atoms with Gasteiger partial charge in [0.15, 0.2) is 5.58 Å². The van der Waals surface area contributed by atoms with Crippen molar-refractivity contribution in [3.8, 4) is 0 Å². The van der Waals surface area contributed by atoms with Gasteiger partial charge in [-0.25, -0.2) is 4.79 Å². The zero-order valence-corrected chi connectivity index (χ0v) is 12.0. The molecule has 2 rings (SSSR count). The Morgan fingerprint density at radius 1 is 1.40 bits per heavy atom. The van der Waals surface area contributed by atoms with Crippen LogP contribution in [0.2, 0.25) is 0 Å². The number of aromatic nitrogens is 1. The van der Waals surface area contributed by atoms with E-state index in [4.69, 9.17) is 4.42 Å². The number of amides is 1. The van der Waals surface area contributed by atoms with Gasteiger partial charge >= 0.3 is 5.76 Å². The van der Waals surface area contributed by atoms with Crippen LogP contribution in [0.25, 0.3) is 11.1 Å². The highest BCUT2D eigenvalue weighted by molar-refractivity contribution is 5.81. The Morgan fingerprint density at radius 2 is 2.15 bits per heavy atom. The summed E-state index contributed by atoms with van der Waals surface area (Å²) in [5, 5.41) is 2.86. The number of rotatable bonds is 5. The molecule has 6 heteroatoms. The second kappa shape index (κ2) is 5.92. The molecule has 20 heavy (non-hydrogen) atoms. The van der Waals surface area contributed by atoms with E-state index in [1.807, 2.05) is 25.1 Å². The SMILES string of the molecule is CN(C)CCNC(=O)Cc1ccc2oc(=O)n(C)c2c1. The van der Waals surface area contributed by atoms with Crippen LogP contribution in [0, 0.1) is 0 Å². The first kappa shape index (κ1) is 14.3. The van der Waals surface area contributed by atoms with Crippen LogP contribution < -0.4 is 11.1 Å². The molecule has 1 aromatic carbocycles. The molecule has 1 amide bonds. The van der Waals surface area contributed by atoms with Crippen LogP contribution >= 0.6 is 0 Å². The van der Waals surface area contributed by atoms with Gasteiger partial charge in [-0.15, -0.1) is 0 Å². The maximum Gasteiger partial charge on any atom is 0.419 e. The molecule has 1 N–H and O–H groups in total. The fourth-order valence-corrected chi connectivity index (χ4v) is 1.95. The molecule has 0 unspecified atom stereocenters. The summed E-state index contributed by atoms with van der Waals surface area (Å²) in [5.74, 6) is -0.424. The van der Waals surface area contributed by atoms with Crippen molar-refractivity contribution < 1.29 is 9.21 Å². The van der Waals surface area contributed by atoms with E-state index in [1.54, 1.807) is 19.2 Å². The lowest BCUT2D eigenvalue weighted by molar-refractivity contribution is -0.120. The molecule has 0 radical (unpaired) electrons. The highest BCUT2D eigenvalue weighted by Gasteiger charge is 2.08. The highest BCUT2D eigenvalue weighted by Crippen LogP contribution is 2.14. The Balaban J connectivity index is 2.04. The second-order valence-corrected chi connectivity index (χ2v) is 5.06. The van der Waals surface area contributed by atoms with Crippen LogP contribution in [-0.2, 0) is 18.3 Å². The van der Waals surface area contributed by atoms with Crippen LogP contribution in [-0.4, -0.2) is 42.6 Å². The molecule has 2 aromatic rings. The summed E-state index contributed by atoms with van der Waals surface area (Å²) in [6.45, 7) is 1.43. The maximum atomic E-state index is 11.8. The molecular weight excluding hydrogens is 258 g/mol. The normalized spacial score (nSPS) is 11.2. The van der Waals surface area contributed by atoms with Crippen molar-refractivity contribution in [3.63, 3.8) is 0 Å². The smallest absolute Gasteiger partial charge is 0.408 e. The Hall–Kier alpha value is -2.08. The summed E-state index contributed by atoms with van der Waals surface area (Å²) in [6, 6.07) is 5.34. The average molecular weight is 277 g/mol. The number of aryl methyl sites for hydroxylation is 1. The molecule has 108 valence electrons. The van der Waals surface area contributed by atoms with E-state index in [-0.39, 0.29) is 5.91 Å². The molecule has 0 spiro atoms. The number of hydrogen-bond donors (Lipinski definition) is 1. The number of nitrogens with one attached hydrogen (secondary N) is 1. The molecule has 1 heterocycles. The third kappa shape index (κ3) is 3.27. The van der Waals surface area contributed by atoms with Crippen molar-refractivity contribution in [1.29, 1.82) is 0 Å². The van der Waals surface area contributed by atoms with E-state index in [2.05, 4.69) is 5.32 Å². The minimum atomic E-state index is -0.396. The van der Waals surface area contributed by atoms with E-state index in [0.717, 1.165) is 12.1 Å². The molecule has 0 saturated carbocycles. The second-order valence-electron chi connectivity index (χ2n) is 5.06. The summed E-state index contributed by atoms with van der Waals surface area (Å²) >= 11 is 0. The highest BCUT2D eigenvalue weighted by atomic mass is 16.4. The van der Waals surface area contributed by atoms with E-state index in [9.17, 15) is 9.59 Å². The number of nitrogens with zero attached hydrogens (tertiary/aromatic N) is 2. The lowest BCUT2D eigenvalue weighted by Crippen LogP contribution is -2.32. The monoisotopic (exact) mass is 277 g/mol. The van der Waals surface area contributed by atoms with Crippen LogP contribution in [0.1, 0.15) is 5.56 Å². The predicted octanol–water partition coefficient (Wildman–Crippen LogP) is 0.352. The van der Waals surface area contributed by atoms with Gasteiger partial charge in [-0.05, 0) is 31.8 Å². The minimum Gasteiger partial charge on any atom is -0.408 e. The van der Waals surface area contributed by atoms with E-state index in [1.165, 1.54) is 4.57 Å². The van der Waals surface area contributed by atoms with Crippen molar-refractivity contribution >= 4 is 17.0 Å². The van der Waals surface area contributed by atoms with Crippen molar-refractivity contribution in [3.05, 3.63) is 34.3 Å². The van der Waals surface area contributed by atoms with Gasteiger partial charge in [0.2, 0.25) is 5.91 Å². The average Bonchev–Trinajstić information content (AvgIpc) is 2.65. The zero-order valence-electron chi connectivity index (χ0n) is 12.0. The summed E-state index contributed by atoms with van der Waals surface area (Å²) in [5.41, 5.74) is 2.10. The molecule has 0 fully saturated rings. The van der Waals surface area contributed by atoms with Gasteiger partial charge in [-0.3, -0.25) is 9.36 Å². The lowest BCUT2D eigenvalue weighted by Gasteiger charge is -2.10. The quantitative estimate of drug-likeness (QED) is 0.856. The largest absolute Gasteiger partial charge is 0.419 e. The molecule has 0 aliphatic heterocycles. The number of carbonyl (C=O) groups is 1. The van der Waals surface area contributed by atoms with Crippen LogP contribution in [0.5, 0.6) is 0 Å². The number of oxazole rings is 1. The topological polar surface area (TPSA) is 67.5 Å². The van der Waals surface area contributed by atoms with Gasteiger partial charge in [0.1, 0.15) is 0 Å². The summed E-state index contributed by atoms with van der Waals surface area (Å²) in [4.78, 5) is 25.2. The lowest BCUT2D eigenvalue weighted by atomic mass is 10.1. The van der Waals surface area contributed by atoms with Crippen LogP contribution in [0.15, 0.2) is 27.4 Å². The van der Waals surface area contributed by atoms with Crippen LogP contribution in [0.3, 0.4) is 0 Å². The molecule has 0 bridgehead atoms. The summed E-state index contributed by atoms with van der Waals surface area (Å²) in [6.07, 6.45) is 0.294. The first-order chi connectivity index (χ1) is 9.47. The van der Waals surface area contributed by atoms with Crippen molar-refractivity contribution in [2.45, 2.75) is 6.42 Å². The van der Waals surface area contributed by atoms with Gasteiger partial charge in [0.05, 0.1) is 11.9 Å². The molecule has 0 saturated heterocycles. The molecule has 0 aliphatic carbocycles. The van der Waals surface area contributed by atoms with Crippen LogP contribution in [0.4, 0.5) is 0 Å². The molecule has 0 aliphatic rings. The van der Waals surface area contributed by atoms with E-state index in [0.29, 0.717) is 24.1 Å². The van der Waals surface area contributed by atoms with Gasteiger partial charge < -0.3 is 14.6 Å². The summed E-state index contributed by atoms with van der Waals surface area (Å²) < 4.78 is 6.48. The van der Waals surface area contributed by atoms with Gasteiger partial charge in [-0.2, -0.15) is 0 Å². The summed E-state index contributed by atoms with van der Waals surface area (Å²) in [7, 11) is 5.56. The number of fused-ring (bicyclic) bond motifs is 1. The Labute approximate surface area is 117 Å². The predicted molar refractivity (Wildman–Crippen MR) is 76.7 cm³/mol. The maximum absolute atomic E-state index is 11.8. The minimum absolute atomic E-state index is 0.0281.